The highest BCUT2D eigenvalue weighted by Gasteiger charge is 2.22. The van der Waals surface area contributed by atoms with Crippen molar-refractivity contribution in [3.05, 3.63) is 16.4 Å². The van der Waals surface area contributed by atoms with Gasteiger partial charge in [-0.2, -0.15) is 5.10 Å². The average Bonchev–Trinajstić information content (AvgIpc) is 2.55. The Labute approximate surface area is 123 Å². The quantitative estimate of drug-likeness (QED) is 0.838. The molecule has 0 spiro atoms. The fraction of sp³-hybridized carbons (Fsp3) is 0.615. The lowest BCUT2D eigenvalue weighted by Crippen LogP contribution is -2.43. The van der Waals surface area contributed by atoms with Gasteiger partial charge in [-0.15, -0.1) is 0 Å². The maximum Gasteiger partial charge on any atom is 0.326 e. The largest absolute Gasteiger partial charge is 0.480 e. The van der Waals surface area contributed by atoms with Gasteiger partial charge in [0.2, 0.25) is 5.91 Å². The molecule has 0 aliphatic carbocycles. The normalized spacial score (nSPS) is 12.5. The Morgan fingerprint density at radius 1 is 1.40 bits per heavy atom. The Hall–Kier alpha value is -1.56. The first kappa shape index (κ1) is 16.5. The summed E-state index contributed by atoms with van der Waals surface area (Å²) in [5, 5.41) is 16.3. The summed E-state index contributed by atoms with van der Waals surface area (Å²) in [6, 6.07) is -0.880. The molecular weight excluding hydrogens is 282 g/mol. The molecule has 1 rings (SSSR count). The van der Waals surface area contributed by atoms with Gasteiger partial charge in [-0.3, -0.25) is 9.48 Å². The van der Waals surface area contributed by atoms with E-state index in [-0.39, 0.29) is 18.4 Å². The monoisotopic (exact) mass is 301 g/mol. The number of amides is 1. The van der Waals surface area contributed by atoms with Crippen molar-refractivity contribution in [3.63, 3.8) is 0 Å². The third-order valence-electron chi connectivity index (χ3n) is 2.93. The minimum absolute atomic E-state index is 0.0404. The highest BCUT2D eigenvalue weighted by molar-refractivity contribution is 6.31. The molecule has 0 saturated carbocycles. The summed E-state index contributed by atoms with van der Waals surface area (Å²) in [5.74, 6) is -1.24. The van der Waals surface area contributed by atoms with E-state index in [0.717, 1.165) is 0 Å². The zero-order chi connectivity index (χ0) is 15.4. The van der Waals surface area contributed by atoms with E-state index in [1.807, 2.05) is 13.8 Å². The summed E-state index contributed by atoms with van der Waals surface area (Å²) in [6.07, 6.45) is 0.388. The van der Waals surface area contributed by atoms with Crippen molar-refractivity contribution >= 4 is 23.5 Å². The Bertz CT molecular complexity index is 511. The van der Waals surface area contributed by atoms with Crippen molar-refractivity contribution < 1.29 is 14.7 Å². The molecule has 0 aromatic carbocycles. The third kappa shape index (κ3) is 4.23. The smallest absolute Gasteiger partial charge is 0.326 e. The molecule has 7 heteroatoms. The van der Waals surface area contributed by atoms with E-state index in [0.29, 0.717) is 22.8 Å². The number of carbonyl (C=O) groups is 2. The number of carboxylic acids is 1. The van der Waals surface area contributed by atoms with Crippen LogP contribution < -0.4 is 5.32 Å². The molecule has 1 aromatic heterocycles. The zero-order valence-corrected chi connectivity index (χ0v) is 12.9. The van der Waals surface area contributed by atoms with Crippen LogP contribution in [-0.2, 0) is 16.1 Å². The number of aryl methyl sites for hydroxylation is 1. The molecule has 0 unspecified atom stereocenters. The van der Waals surface area contributed by atoms with E-state index in [9.17, 15) is 9.59 Å². The number of rotatable bonds is 6. The number of hydrogen-bond donors (Lipinski definition) is 2. The summed E-state index contributed by atoms with van der Waals surface area (Å²) < 4.78 is 1.47. The lowest BCUT2D eigenvalue weighted by atomic mass is 10.0. The summed E-state index contributed by atoms with van der Waals surface area (Å²) in [7, 11) is 0. The first-order chi connectivity index (χ1) is 9.22. The molecule has 6 nitrogen and oxygen atoms in total. The first-order valence-electron chi connectivity index (χ1n) is 6.44. The van der Waals surface area contributed by atoms with Crippen molar-refractivity contribution in [2.75, 3.05) is 0 Å². The lowest BCUT2D eigenvalue weighted by molar-refractivity contribution is -0.142. The van der Waals surface area contributed by atoms with Crippen LogP contribution in [0.5, 0.6) is 0 Å². The van der Waals surface area contributed by atoms with Gasteiger partial charge in [0.25, 0.3) is 0 Å². The van der Waals surface area contributed by atoms with Crippen molar-refractivity contribution in [1.82, 2.24) is 15.1 Å². The predicted octanol–water partition coefficient (Wildman–Crippen LogP) is 1.77. The standard InChI is InChI=1S/C13H20ClN3O3/c1-7(2)5-10(13(19)20)15-11(18)6-17-9(4)12(14)8(3)16-17/h7,10H,5-6H2,1-4H3,(H,15,18)(H,19,20)/t10-/m0/s1. The van der Waals surface area contributed by atoms with Gasteiger partial charge >= 0.3 is 5.97 Å². The molecule has 0 aliphatic heterocycles. The molecule has 1 aromatic rings. The highest BCUT2D eigenvalue weighted by Crippen LogP contribution is 2.18. The topological polar surface area (TPSA) is 84.2 Å². The number of carboxylic acid groups (broad SMARTS) is 1. The lowest BCUT2D eigenvalue weighted by Gasteiger charge is -2.16. The summed E-state index contributed by atoms with van der Waals surface area (Å²) >= 11 is 6.00. The van der Waals surface area contributed by atoms with E-state index < -0.39 is 12.0 Å². The molecular formula is C13H20ClN3O3. The first-order valence-corrected chi connectivity index (χ1v) is 6.81. The fourth-order valence-corrected chi connectivity index (χ4v) is 2.03. The molecule has 1 amide bonds. The average molecular weight is 302 g/mol. The van der Waals surface area contributed by atoms with Gasteiger partial charge < -0.3 is 10.4 Å². The number of hydrogen-bond acceptors (Lipinski definition) is 3. The molecule has 0 radical (unpaired) electrons. The molecule has 0 fully saturated rings. The Balaban J connectivity index is 2.70. The number of nitrogens with one attached hydrogen (secondary N) is 1. The van der Waals surface area contributed by atoms with Gasteiger partial charge in [-0.1, -0.05) is 25.4 Å². The van der Waals surface area contributed by atoms with Crippen LogP contribution in [0.2, 0.25) is 5.02 Å². The van der Waals surface area contributed by atoms with E-state index in [2.05, 4.69) is 10.4 Å². The molecule has 112 valence electrons. The van der Waals surface area contributed by atoms with Crippen molar-refractivity contribution in [2.24, 2.45) is 5.92 Å². The van der Waals surface area contributed by atoms with Crippen molar-refractivity contribution in [2.45, 2.75) is 46.7 Å². The van der Waals surface area contributed by atoms with Gasteiger partial charge in [0.1, 0.15) is 12.6 Å². The summed E-state index contributed by atoms with van der Waals surface area (Å²) in [6.45, 7) is 7.29. The maximum atomic E-state index is 11.9. The number of halogens is 1. The molecule has 1 atom stereocenters. The second kappa shape index (κ2) is 6.74. The Kier molecular flexibility index (Phi) is 5.56. The van der Waals surface area contributed by atoms with Crippen LogP contribution in [0.15, 0.2) is 0 Å². The van der Waals surface area contributed by atoms with Gasteiger partial charge in [-0.05, 0) is 26.2 Å². The van der Waals surface area contributed by atoms with Crippen LogP contribution in [0.1, 0.15) is 31.7 Å². The third-order valence-corrected chi connectivity index (χ3v) is 3.47. The van der Waals surface area contributed by atoms with Gasteiger partial charge in [0.15, 0.2) is 0 Å². The molecule has 0 bridgehead atoms. The van der Waals surface area contributed by atoms with Crippen molar-refractivity contribution in [1.29, 1.82) is 0 Å². The maximum absolute atomic E-state index is 11.9. The minimum atomic E-state index is -1.03. The Morgan fingerprint density at radius 2 is 2.00 bits per heavy atom. The van der Waals surface area contributed by atoms with E-state index in [1.54, 1.807) is 13.8 Å². The molecule has 1 heterocycles. The van der Waals surface area contributed by atoms with E-state index in [1.165, 1.54) is 4.68 Å². The van der Waals surface area contributed by atoms with Gasteiger partial charge in [0, 0.05) is 0 Å². The number of aliphatic carboxylic acids is 1. The second-order valence-electron chi connectivity index (χ2n) is 5.23. The van der Waals surface area contributed by atoms with Gasteiger partial charge in [0.05, 0.1) is 16.4 Å². The van der Waals surface area contributed by atoms with Crippen LogP contribution >= 0.6 is 11.6 Å². The Morgan fingerprint density at radius 3 is 2.40 bits per heavy atom. The molecule has 20 heavy (non-hydrogen) atoms. The minimum Gasteiger partial charge on any atom is -0.480 e. The fourth-order valence-electron chi connectivity index (χ4n) is 1.90. The number of carbonyl (C=O) groups excluding carboxylic acids is 1. The molecule has 2 N–H and O–H groups in total. The second-order valence-corrected chi connectivity index (χ2v) is 5.61. The van der Waals surface area contributed by atoms with Crippen LogP contribution in [0.3, 0.4) is 0 Å². The zero-order valence-electron chi connectivity index (χ0n) is 12.1. The number of nitrogens with zero attached hydrogens (tertiary/aromatic N) is 2. The van der Waals surface area contributed by atoms with Crippen LogP contribution in [0.4, 0.5) is 0 Å². The SMILES string of the molecule is Cc1nn(CC(=O)N[C@@H](CC(C)C)C(=O)O)c(C)c1Cl. The van der Waals surface area contributed by atoms with E-state index >= 15 is 0 Å². The van der Waals surface area contributed by atoms with Crippen LogP contribution in [0, 0.1) is 19.8 Å². The molecule has 0 aliphatic rings. The predicted molar refractivity (Wildman–Crippen MR) is 75.7 cm³/mol. The van der Waals surface area contributed by atoms with Crippen molar-refractivity contribution in [3.8, 4) is 0 Å². The van der Waals surface area contributed by atoms with Crippen LogP contribution in [-0.4, -0.2) is 32.8 Å². The number of aromatic nitrogens is 2. The van der Waals surface area contributed by atoms with Gasteiger partial charge in [-0.25, -0.2) is 4.79 Å². The summed E-state index contributed by atoms with van der Waals surface area (Å²) in [5.41, 5.74) is 1.34. The summed E-state index contributed by atoms with van der Waals surface area (Å²) in [4.78, 5) is 23.0. The van der Waals surface area contributed by atoms with E-state index in [4.69, 9.17) is 16.7 Å². The van der Waals surface area contributed by atoms with Crippen LogP contribution in [0.25, 0.3) is 0 Å². The highest BCUT2D eigenvalue weighted by atomic mass is 35.5. The molecule has 0 saturated heterocycles.